The minimum Gasteiger partial charge on any atom is -0.491 e. The fourth-order valence-electron chi connectivity index (χ4n) is 3.11. The van der Waals surface area contributed by atoms with Crippen molar-refractivity contribution >= 4 is 0 Å². The number of rotatable bonds is 7. The zero-order valence-electron chi connectivity index (χ0n) is 13.3. The van der Waals surface area contributed by atoms with Crippen LogP contribution >= 0.6 is 0 Å². The van der Waals surface area contributed by atoms with Crippen LogP contribution in [0.5, 0.6) is 5.75 Å². The summed E-state index contributed by atoms with van der Waals surface area (Å²) in [7, 11) is 0. The van der Waals surface area contributed by atoms with Crippen LogP contribution in [-0.2, 0) is 0 Å². The first kappa shape index (κ1) is 16.3. The summed E-state index contributed by atoms with van der Waals surface area (Å²) in [4.78, 5) is 0. The summed E-state index contributed by atoms with van der Waals surface area (Å²) in [5.74, 6) is 1.72. The first-order chi connectivity index (χ1) is 10.2. The number of benzene rings is 1. The van der Waals surface area contributed by atoms with E-state index in [1.807, 2.05) is 31.2 Å². The van der Waals surface area contributed by atoms with E-state index >= 15 is 0 Å². The smallest absolute Gasteiger partial charge is 0.122 e. The van der Waals surface area contributed by atoms with Gasteiger partial charge in [0.05, 0.1) is 0 Å². The first-order valence-electron chi connectivity index (χ1n) is 8.29. The molecule has 0 saturated heterocycles. The lowest BCUT2D eigenvalue weighted by Gasteiger charge is -2.30. The molecule has 3 nitrogen and oxygen atoms in total. The van der Waals surface area contributed by atoms with E-state index < -0.39 is 6.10 Å². The maximum Gasteiger partial charge on any atom is 0.122 e. The standard InChI is InChI=1S/C18H29NO2/c1-3-15-8-6-9-16(11-15)19-12-17(20)13-21-18-10-5-4-7-14(18)2/h4-5,7,10,15-17,19-20H,3,6,8-9,11-13H2,1-2H3. The minimum absolute atomic E-state index is 0.349. The van der Waals surface area contributed by atoms with E-state index in [2.05, 4.69) is 12.2 Å². The lowest BCUT2D eigenvalue weighted by atomic mass is 9.84. The number of para-hydroxylation sites is 1. The second kappa shape index (κ2) is 8.40. The summed E-state index contributed by atoms with van der Waals surface area (Å²) in [6.07, 6.45) is 5.99. The lowest BCUT2D eigenvalue weighted by Crippen LogP contribution is -2.40. The summed E-state index contributed by atoms with van der Waals surface area (Å²) in [5.41, 5.74) is 1.11. The van der Waals surface area contributed by atoms with Gasteiger partial charge in [-0.2, -0.15) is 0 Å². The Kier molecular flexibility index (Phi) is 6.52. The van der Waals surface area contributed by atoms with Crippen LogP contribution in [0.4, 0.5) is 0 Å². The number of hydrogen-bond acceptors (Lipinski definition) is 3. The van der Waals surface area contributed by atoms with Crippen molar-refractivity contribution in [3.8, 4) is 5.75 Å². The van der Waals surface area contributed by atoms with Gasteiger partial charge in [0, 0.05) is 12.6 Å². The highest BCUT2D eigenvalue weighted by Gasteiger charge is 2.20. The third kappa shape index (κ3) is 5.33. The van der Waals surface area contributed by atoms with E-state index in [1.165, 1.54) is 32.1 Å². The van der Waals surface area contributed by atoms with E-state index in [4.69, 9.17) is 4.74 Å². The molecule has 0 heterocycles. The van der Waals surface area contributed by atoms with Crippen LogP contribution in [-0.4, -0.2) is 30.4 Å². The summed E-state index contributed by atoms with van der Waals surface area (Å²) < 4.78 is 5.69. The molecule has 1 fully saturated rings. The average Bonchev–Trinajstić information content (AvgIpc) is 2.52. The highest BCUT2D eigenvalue weighted by atomic mass is 16.5. The van der Waals surface area contributed by atoms with Crippen LogP contribution < -0.4 is 10.1 Å². The molecule has 1 aromatic carbocycles. The Morgan fingerprint density at radius 3 is 2.90 bits per heavy atom. The van der Waals surface area contributed by atoms with Crippen molar-refractivity contribution in [2.45, 2.75) is 58.1 Å². The summed E-state index contributed by atoms with van der Waals surface area (Å²) in [6.45, 7) is 5.26. The predicted octanol–water partition coefficient (Wildman–Crippen LogP) is 3.29. The van der Waals surface area contributed by atoms with Gasteiger partial charge in [-0.3, -0.25) is 0 Å². The van der Waals surface area contributed by atoms with Crippen molar-refractivity contribution in [2.24, 2.45) is 5.92 Å². The van der Waals surface area contributed by atoms with E-state index in [0.29, 0.717) is 19.2 Å². The van der Waals surface area contributed by atoms with Crippen LogP contribution in [0.2, 0.25) is 0 Å². The Morgan fingerprint density at radius 2 is 2.14 bits per heavy atom. The minimum atomic E-state index is -0.452. The maximum atomic E-state index is 10.1. The lowest BCUT2D eigenvalue weighted by molar-refractivity contribution is 0.0997. The van der Waals surface area contributed by atoms with Crippen molar-refractivity contribution in [2.75, 3.05) is 13.2 Å². The molecule has 2 rings (SSSR count). The molecule has 1 saturated carbocycles. The van der Waals surface area contributed by atoms with E-state index in [-0.39, 0.29) is 0 Å². The Balaban J connectivity index is 1.68. The van der Waals surface area contributed by atoms with Gasteiger partial charge in [0.1, 0.15) is 18.5 Å². The van der Waals surface area contributed by atoms with Crippen LogP contribution in [0.1, 0.15) is 44.6 Å². The Bertz CT molecular complexity index is 421. The van der Waals surface area contributed by atoms with Crippen LogP contribution in [0.15, 0.2) is 24.3 Å². The molecule has 1 aromatic rings. The van der Waals surface area contributed by atoms with Crippen LogP contribution in [0.3, 0.4) is 0 Å². The average molecular weight is 291 g/mol. The van der Waals surface area contributed by atoms with Gasteiger partial charge < -0.3 is 15.2 Å². The second-order valence-electron chi connectivity index (χ2n) is 6.28. The predicted molar refractivity (Wildman–Crippen MR) is 86.7 cm³/mol. The number of hydrogen-bond donors (Lipinski definition) is 2. The zero-order valence-corrected chi connectivity index (χ0v) is 13.3. The SMILES string of the molecule is CCC1CCCC(NCC(O)COc2ccccc2C)C1. The van der Waals surface area contributed by atoms with E-state index in [1.54, 1.807) is 0 Å². The van der Waals surface area contributed by atoms with Crippen molar-refractivity contribution in [3.05, 3.63) is 29.8 Å². The fraction of sp³-hybridized carbons (Fsp3) is 0.667. The number of aliphatic hydroxyl groups excluding tert-OH is 1. The summed E-state index contributed by atoms with van der Waals surface area (Å²) in [5, 5.41) is 13.6. The van der Waals surface area contributed by atoms with Gasteiger partial charge >= 0.3 is 0 Å². The number of aryl methyl sites for hydroxylation is 1. The Morgan fingerprint density at radius 1 is 1.33 bits per heavy atom. The molecule has 1 aliphatic carbocycles. The van der Waals surface area contributed by atoms with Gasteiger partial charge in [-0.1, -0.05) is 44.4 Å². The maximum absolute atomic E-state index is 10.1. The number of ether oxygens (including phenoxy) is 1. The van der Waals surface area contributed by atoms with Crippen LogP contribution in [0, 0.1) is 12.8 Å². The summed E-state index contributed by atoms with van der Waals surface area (Å²) >= 11 is 0. The molecule has 3 atom stereocenters. The molecular formula is C18H29NO2. The molecular weight excluding hydrogens is 262 g/mol. The molecule has 1 aliphatic rings. The molecule has 0 radical (unpaired) electrons. The molecule has 2 N–H and O–H groups in total. The van der Waals surface area contributed by atoms with Crippen molar-refractivity contribution in [1.82, 2.24) is 5.32 Å². The van der Waals surface area contributed by atoms with Crippen LogP contribution in [0.25, 0.3) is 0 Å². The molecule has 0 aromatic heterocycles. The normalized spacial score (nSPS) is 23.8. The van der Waals surface area contributed by atoms with Gasteiger partial charge in [0.25, 0.3) is 0 Å². The zero-order chi connectivity index (χ0) is 15.1. The first-order valence-corrected chi connectivity index (χ1v) is 8.29. The van der Waals surface area contributed by atoms with Gasteiger partial charge in [-0.25, -0.2) is 0 Å². The third-order valence-electron chi connectivity index (χ3n) is 4.53. The fourth-order valence-corrected chi connectivity index (χ4v) is 3.11. The van der Waals surface area contributed by atoms with Gasteiger partial charge in [0.15, 0.2) is 0 Å². The number of aliphatic hydroxyl groups is 1. The largest absolute Gasteiger partial charge is 0.491 e. The Labute approximate surface area is 128 Å². The van der Waals surface area contributed by atoms with Gasteiger partial charge in [-0.15, -0.1) is 0 Å². The molecule has 21 heavy (non-hydrogen) atoms. The third-order valence-corrected chi connectivity index (χ3v) is 4.53. The van der Waals surface area contributed by atoms with Gasteiger partial charge in [0.2, 0.25) is 0 Å². The summed E-state index contributed by atoms with van der Waals surface area (Å²) in [6, 6.07) is 8.49. The molecule has 3 heteroatoms. The molecule has 0 bridgehead atoms. The molecule has 118 valence electrons. The molecule has 0 aliphatic heterocycles. The monoisotopic (exact) mass is 291 g/mol. The molecule has 0 amide bonds. The van der Waals surface area contributed by atoms with E-state index in [0.717, 1.165) is 17.2 Å². The molecule has 0 spiro atoms. The van der Waals surface area contributed by atoms with Crippen molar-refractivity contribution < 1.29 is 9.84 Å². The highest BCUT2D eigenvalue weighted by molar-refractivity contribution is 5.31. The highest BCUT2D eigenvalue weighted by Crippen LogP contribution is 2.26. The van der Waals surface area contributed by atoms with Crippen molar-refractivity contribution in [1.29, 1.82) is 0 Å². The van der Waals surface area contributed by atoms with E-state index in [9.17, 15) is 5.11 Å². The number of nitrogens with one attached hydrogen (secondary N) is 1. The van der Waals surface area contributed by atoms with Crippen molar-refractivity contribution in [3.63, 3.8) is 0 Å². The Hall–Kier alpha value is -1.06. The second-order valence-corrected chi connectivity index (χ2v) is 6.28. The topological polar surface area (TPSA) is 41.5 Å². The molecule has 3 unspecified atom stereocenters. The van der Waals surface area contributed by atoms with Gasteiger partial charge in [-0.05, 0) is 37.3 Å². The quantitative estimate of drug-likeness (QED) is 0.810.